The quantitative estimate of drug-likeness (QED) is 0.844. The zero-order valence-electron chi connectivity index (χ0n) is 12.4. The van der Waals surface area contributed by atoms with E-state index in [0.717, 1.165) is 35.0 Å². The fourth-order valence-corrected chi connectivity index (χ4v) is 3.46. The molecule has 2 unspecified atom stereocenters. The Morgan fingerprint density at radius 2 is 2.15 bits per heavy atom. The number of anilines is 1. The van der Waals surface area contributed by atoms with Crippen LogP contribution in [0.1, 0.15) is 38.4 Å². The number of nitrogens with two attached hydrogens (primary N) is 1. The van der Waals surface area contributed by atoms with Crippen molar-refractivity contribution in [3.8, 4) is 0 Å². The second-order valence-electron chi connectivity index (χ2n) is 6.20. The molecule has 1 aromatic heterocycles. The lowest BCUT2D eigenvalue weighted by molar-refractivity contribution is 0.131. The molecule has 4 heteroatoms. The highest BCUT2D eigenvalue weighted by atomic mass is 15.2. The Balaban J connectivity index is 1.75. The van der Waals surface area contributed by atoms with Crippen LogP contribution in [0.25, 0.3) is 11.0 Å². The maximum Gasteiger partial charge on any atom is 0.121 e. The van der Waals surface area contributed by atoms with E-state index in [-0.39, 0.29) is 0 Å². The Bertz CT molecular complexity index is 589. The first kappa shape index (κ1) is 13.4. The molecule has 0 radical (unpaired) electrons. The number of hydrogen-bond donors (Lipinski definition) is 2. The molecular formula is C16H24N4. The van der Waals surface area contributed by atoms with Gasteiger partial charge in [-0.15, -0.1) is 0 Å². The molecule has 1 fully saturated rings. The zero-order chi connectivity index (χ0) is 14.1. The van der Waals surface area contributed by atoms with Crippen LogP contribution in [-0.4, -0.2) is 28.0 Å². The van der Waals surface area contributed by atoms with Crippen LogP contribution in [0.5, 0.6) is 0 Å². The van der Waals surface area contributed by atoms with E-state index in [9.17, 15) is 0 Å². The SMILES string of the molecule is CC1CCCCC1N(C)Cc1nc2ccc(N)cc2[nH]1. The molecule has 1 heterocycles. The highest BCUT2D eigenvalue weighted by Gasteiger charge is 2.25. The number of hydrogen-bond acceptors (Lipinski definition) is 3. The standard InChI is InChI=1S/C16H24N4/c1-11-5-3-4-6-15(11)20(2)10-16-18-13-8-7-12(17)9-14(13)19-16/h7-9,11,15H,3-6,10,17H2,1-2H3,(H,18,19). The molecule has 0 saturated heterocycles. The minimum absolute atomic E-state index is 0.682. The minimum atomic E-state index is 0.682. The summed E-state index contributed by atoms with van der Waals surface area (Å²) >= 11 is 0. The van der Waals surface area contributed by atoms with Crippen LogP contribution in [0, 0.1) is 5.92 Å². The number of benzene rings is 1. The van der Waals surface area contributed by atoms with Crippen LogP contribution in [0.15, 0.2) is 18.2 Å². The van der Waals surface area contributed by atoms with Gasteiger partial charge in [0.05, 0.1) is 17.6 Å². The van der Waals surface area contributed by atoms with Crippen molar-refractivity contribution in [2.45, 2.75) is 45.2 Å². The lowest BCUT2D eigenvalue weighted by Gasteiger charge is -2.35. The van der Waals surface area contributed by atoms with Gasteiger partial charge >= 0.3 is 0 Å². The summed E-state index contributed by atoms with van der Waals surface area (Å²) in [6, 6.07) is 6.52. The molecule has 2 atom stereocenters. The number of imidazole rings is 1. The van der Waals surface area contributed by atoms with Gasteiger partial charge < -0.3 is 10.7 Å². The van der Waals surface area contributed by atoms with E-state index < -0.39 is 0 Å². The van der Waals surface area contributed by atoms with Gasteiger partial charge in [-0.25, -0.2) is 4.98 Å². The normalized spacial score (nSPS) is 23.6. The molecule has 20 heavy (non-hydrogen) atoms. The van der Waals surface area contributed by atoms with E-state index >= 15 is 0 Å². The molecule has 0 amide bonds. The molecule has 3 N–H and O–H groups in total. The van der Waals surface area contributed by atoms with E-state index in [1.54, 1.807) is 0 Å². The number of H-pyrrole nitrogens is 1. The van der Waals surface area contributed by atoms with Crippen molar-refractivity contribution >= 4 is 16.7 Å². The van der Waals surface area contributed by atoms with Gasteiger partial charge in [-0.2, -0.15) is 0 Å². The summed E-state index contributed by atoms with van der Waals surface area (Å²) in [6.45, 7) is 3.25. The molecule has 2 aromatic rings. The summed E-state index contributed by atoms with van der Waals surface area (Å²) in [4.78, 5) is 10.5. The Morgan fingerprint density at radius 1 is 1.35 bits per heavy atom. The number of rotatable bonds is 3. The van der Waals surface area contributed by atoms with Crippen LogP contribution in [0.3, 0.4) is 0 Å². The number of aromatic nitrogens is 2. The third kappa shape index (κ3) is 2.66. The number of fused-ring (bicyclic) bond motifs is 1. The topological polar surface area (TPSA) is 57.9 Å². The van der Waals surface area contributed by atoms with Gasteiger partial charge in [0.15, 0.2) is 0 Å². The van der Waals surface area contributed by atoms with Crippen molar-refractivity contribution in [3.63, 3.8) is 0 Å². The Labute approximate surface area is 120 Å². The lowest BCUT2D eigenvalue weighted by Crippen LogP contribution is -2.38. The molecular weight excluding hydrogens is 248 g/mol. The fraction of sp³-hybridized carbons (Fsp3) is 0.562. The maximum absolute atomic E-state index is 5.81. The first-order chi connectivity index (χ1) is 9.63. The Morgan fingerprint density at radius 3 is 2.95 bits per heavy atom. The summed E-state index contributed by atoms with van der Waals surface area (Å²) < 4.78 is 0. The van der Waals surface area contributed by atoms with E-state index in [0.29, 0.717) is 6.04 Å². The van der Waals surface area contributed by atoms with Crippen molar-refractivity contribution < 1.29 is 0 Å². The number of aromatic amines is 1. The van der Waals surface area contributed by atoms with E-state index in [2.05, 4.69) is 28.8 Å². The number of nitrogens with one attached hydrogen (secondary N) is 1. The van der Waals surface area contributed by atoms with Crippen molar-refractivity contribution in [1.29, 1.82) is 0 Å². The Hall–Kier alpha value is -1.55. The highest BCUT2D eigenvalue weighted by Crippen LogP contribution is 2.28. The molecule has 0 bridgehead atoms. The van der Waals surface area contributed by atoms with Crippen molar-refractivity contribution in [1.82, 2.24) is 14.9 Å². The van der Waals surface area contributed by atoms with Gasteiger partial charge in [0.1, 0.15) is 5.82 Å². The molecule has 0 spiro atoms. The molecule has 108 valence electrons. The number of nitrogens with zero attached hydrogens (tertiary/aromatic N) is 2. The predicted octanol–water partition coefficient (Wildman–Crippen LogP) is 3.16. The van der Waals surface area contributed by atoms with Gasteiger partial charge in [-0.1, -0.05) is 19.8 Å². The predicted molar refractivity (Wildman–Crippen MR) is 83.4 cm³/mol. The largest absolute Gasteiger partial charge is 0.399 e. The Kier molecular flexibility index (Phi) is 3.66. The number of nitrogen functional groups attached to an aromatic ring is 1. The molecule has 1 aromatic carbocycles. The van der Waals surface area contributed by atoms with Crippen LogP contribution in [0.2, 0.25) is 0 Å². The third-order valence-electron chi connectivity index (χ3n) is 4.59. The van der Waals surface area contributed by atoms with Crippen molar-refractivity contribution in [2.75, 3.05) is 12.8 Å². The van der Waals surface area contributed by atoms with Crippen LogP contribution < -0.4 is 5.73 Å². The van der Waals surface area contributed by atoms with Crippen LogP contribution >= 0.6 is 0 Å². The second-order valence-corrected chi connectivity index (χ2v) is 6.20. The van der Waals surface area contributed by atoms with Crippen molar-refractivity contribution in [2.24, 2.45) is 5.92 Å². The second kappa shape index (κ2) is 5.44. The van der Waals surface area contributed by atoms with Crippen LogP contribution in [-0.2, 0) is 6.54 Å². The summed E-state index contributed by atoms with van der Waals surface area (Å²) in [5.74, 6) is 1.82. The van der Waals surface area contributed by atoms with Crippen molar-refractivity contribution in [3.05, 3.63) is 24.0 Å². The molecule has 1 aliphatic carbocycles. The maximum atomic E-state index is 5.81. The minimum Gasteiger partial charge on any atom is -0.399 e. The lowest BCUT2D eigenvalue weighted by atomic mass is 9.85. The summed E-state index contributed by atoms with van der Waals surface area (Å²) in [5, 5.41) is 0. The molecule has 0 aliphatic heterocycles. The van der Waals surface area contributed by atoms with E-state index in [4.69, 9.17) is 5.73 Å². The summed E-state index contributed by atoms with van der Waals surface area (Å²) in [5.41, 5.74) is 8.62. The average molecular weight is 272 g/mol. The summed E-state index contributed by atoms with van der Waals surface area (Å²) in [6.07, 6.45) is 5.40. The molecule has 3 rings (SSSR count). The van der Waals surface area contributed by atoms with Gasteiger partial charge in [0.2, 0.25) is 0 Å². The van der Waals surface area contributed by atoms with Crippen LogP contribution in [0.4, 0.5) is 5.69 Å². The first-order valence-electron chi connectivity index (χ1n) is 7.58. The van der Waals surface area contributed by atoms with Gasteiger partial charge in [0.25, 0.3) is 0 Å². The summed E-state index contributed by atoms with van der Waals surface area (Å²) in [7, 11) is 2.22. The van der Waals surface area contributed by atoms with E-state index in [1.165, 1.54) is 25.7 Å². The first-order valence-corrected chi connectivity index (χ1v) is 7.58. The smallest absolute Gasteiger partial charge is 0.121 e. The molecule has 1 saturated carbocycles. The average Bonchev–Trinajstić information content (AvgIpc) is 2.80. The monoisotopic (exact) mass is 272 g/mol. The van der Waals surface area contributed by atoms with Gasteiger partial charge in [-0.05, 0) is 44.0 Å². The van der Waals surface area contributed by atoms with Gasteiger partial charge in [0, 0.05) is 11.7 Å². The van der Waals surface area contributed by atoms with E-state index in [1.807, 2.05) is 18.2 Å². The molecule has 4 nitrogen and oxygen atoms in total. The molecule has 1 aliphatic rings. The fourth-order valence-electron chi connectivity index (χ4n) is 3.46. The zero-order valence-corrected chi connectivity index (χ0v) is 12.4. The third-order valence-corrected chi connectivity index (χ3v) is 4.59. The highest BCUT2D eigenvalue weighted by molar-refractivity contribution is 5.78. The van der Waals surface area contributed by atoms with Gasteiger partial charge in [-0.3, -0.25) is 4.90 Å².